The minimum absolute atomic E-state index is 0.0927. The molecule has 4 heterocycles. The van der Waals surface area contributed by atoms with Gasteiger partial charge in [-0.3, -0.25) is 14.2 Å². The third-order valence-electron chi connectivity index (χ3n) is 5.26. The smallest absolute Gasteiger partial charge is 0.268 e. The number of nitrogens with zero attached hydrogens (tertiary/aromatic N) is 2. The van der Waals surface area contributed by atoms with Crippen LogP contribution in [0.1, 0.15) is 12.8 Å². The van der Waals surface area contributed by atoms with Crippen LogP contribution in [0, 0.1) is 0 Å². The largest absolute Gasteiger partial charge is 0.376 e. The van der Waals surface area contributed by atoms with Crippen LogP contribution in [0.25, 0.3) is 26.3 Å². The maximum atomic E-state index is 13.7. The van der Waals surface area contributed by atoms with Gasteiger partial charge in [0.2, 0.25) is 5.91 Å². The molecule has 9 heteroatoms. The Hall–Kier alpha value is -2.46. The number of ether oxygens (including phenoxy) is 1. The van der Waals surface area contributed by atoms with Crippen LogP contribution >= 0.6 is 34.4 Å². The fourth-order valence-corrected chi connectivity index (χ4v) is 6.35. The van der Waals surface area contributed by atoms with Crippen molar-refractivity contribution in [3.05, 3.63) is 63.6 Å². The van der Waals surface area contributed by atoms with Crippen LogP contribution in [0.4, 0.5) is 0 Å². The monoisotopic (exact) mass is 483 g/mol. The minimum Gasteiger partial charge on any atom is -0.376 e. The molecule has 1 fully saturated rings. The zero-order valence-corrected chi connectivity index (χ0v) is 19.6. The van der Waals surface area contributed by atoms with Gasteiger partial charge in [-0.15, -0.1) is 22.7 Å². The third-order valence-corrected chi connectivity index (χ3v) is 7.98. The van der Waals surface area contributed by atoms with E-state index < -0.39 is 0 Å². The van der Waals surface area contributed by atoms with Gasteiger partial charge in [-0.05, 0) is 36.4 Å². The van der Waals surface area contributed by atoms with E-state index in [0.29, 0.717) is 21.9 Å². The first kappa shape index (κ1) is 21.4. The molecule has 0 saturated carbocycles. The first-order valence-electron chi connectivity index (χ1n) is 10.4. The average Bonchev–Trinajstić information content (AvgIpc) is 3.58. The standard InChI is InChI=1S/C23H21N3O3S3/c27-19(24-12-16-8-4-10-29-16)14-32-23-25-21-20(17(13-31-21)18-9-5-11-30-18)22(28)26(23)15-6-2-1-3-7-15/h1-3,5-7,9,11,13,16H,4,8,10,12,14H2,(H,24,27)/t16-/m1/s1. The lowest BCUT2D eigenvalue weighted by molar-refractivity contribution is -0.119. The molecule has 0 radical (unpaired) electrons. The summed E-state index contributed by atoms with van der Waals surface area (Å²) in [6.45, 7) is 1.28. The number of hydrogen-bond acceptors (Lipinski definition) is 7. The molecule has 1 aromatic carbocycles. The number of nitrogens with one attached hydrogen (secondary N) is 1. The van der Waals surface area contributed by atoms with Crippen LogP contribution in [-0.2, 0) is 9.53 Å². The summed E-state index contributed by atoms with van der Waals surface area (Å²) in [6, 6.07) is 13.4. The number of thioether (sulfide) groups is 1. The fraction of sp³-hybridized carbons (Fsp3) is 0.261. The zero-order valence-electron chi connectivity index (χ0n) is 17.2. The van der Waals surface area contributed by atoms with Crippen LogP contribution in [-0.4, -0.2) is 40.5 Å². The summed E-state index contributed by atoms with van der Waals surface area (Å²) >= 11 is 4.34. The topological polar surface area (TPSA) is 73.2 Å². The van der Waals surface area contributed by atoms with Crippen LogP contribution in [0.2, 0.25) is 0 Å². The van der Waals surface area contributed by atoms with E-state index in [0.717, 1.165) is 35.6 Å². The molecule has 1 aliphatic heterocycles. The summed E-state index contributed by atoms with van der Waals surface area (Å²) < 4.78 is 7.18. The number of thiophene rings is 2. The highest BCUT2D eigenvalue weighted by Gasteiger charge is 2.20. The Labute approximate surface area is 197 Å². The Kier molecular flexibility index (Phi) is 6.40. The molecule has 0 bridgehead atoms. The molecule has 0 unspecified atom stereocenters. The van der Waals surface area contributed by atoms with E-state index in [1.54, 1.807) is 15.9 Å². The highest BCUT2D eigenvalue weighted by molar-refractivity contribution is 7.99. The quantitative estimate of drug-likeness (QED) is 0.308. The molecular weight excluding hydrogens is 462 g/mol. The molecule has 3 aromatic heterocycles. The van der Waals surface area contributed by atoms with Crippen molar-refractivity contribution in [2.75, 3.05) is 18.9 Å². The summed E-state index contributed by atoms with van der Waals surface area (Å²) in [7, 11) is 0. The number of carbonyl (C=O) groups excluding carboxylic acids is 1. The fourth-order valence-electron chi connectivity index (χ4n) is 3.70. The van der Waals surface area contributed by atoms with E-state index in [4.69, 9.17) is 9.72 Å². The van der Waals surface area contributed by atoms with E-state index in [1.807, 2.05) is 53.2 Å². The predicted molar refractivity (Wildman–Crippen MR) is 131 cm³/mol. The molecule has 5 rings (SSSR count). The van der Waals surface area contributed by atoms with E-state index >= 15 is 0 Å². The molecule has 6 nitrogen and oxygen atoms in total. The second kappa shape index (κ2) is 9.58. The molecule has 4 aromatic rings. The second-order valence-corrected chi connectivity index (χ2v) is 10.2. The van der Waals surface area contributed by atoms with Crippen molar-refractivity contribution in [2.45, 2.75) is 24.1 Å². The zero-order chi connectivity index (χ0) is 21.9. The lowest BCUT2D eigenvalue weighted by atomic mass is 10.2. The number of amides is 1. The van der Waals surface area contributed by atoms with E-state index in [2.05, 4.69) is 5.32 Å². The van der Waals surface area contributed by atoms with Crippen LogP contribution in [0.3, 0.4) is 0 Å². The second-order valence-electron chi connectivity index (χ2n) is 7.41. The molecule has 1 aliphatic rings. The van der Waals surface area contributed by atoms with Gasteiger partial charge in [0.05, 0.1) is 22.9 Å². The Balaban J connectivity index is 1.47. The number of carbonyl (C=O) groups is 1. The van der Waals surface area contributed by atoms with E-state index in [-0.39, 0.29) is 23.3 Å². The van der Waals surface area contributed by atoms with Crippen molar-refractivity contribution in [1.82, 2.24) is 14.9 Å². The van der Waals surface area contributed by atoms with Gasteiger partial charge in [-0.1, -0.05) is 36.0 Å². The van der Waals surface area contributed by atoms with Gasteiger partial charge in [-0.2, -0.15) is 0 Å². The van der Waals surface area contributed by atoms with Gasteiger partial charge in [0, 0.05) is 29.0 Å². The Morgan fingerprint density at radius 2 is 2.09 bits per heavy atom. The van der Waals surface area contributed by atoms with Crippen molar-refractivity contribution < 1.29 is 9.53 Å². The summed E-state index contributed by atoms with van der Waals surface area (Å²) in [4.78, 5) is 32.6. The van der Waals surface area contributed by atoms with Crippen molar-refractivity contribution in [2.24, 2.45) is 0 Å². The number of benzene rings is 1. The first-order chi connectivity index (χ1) is 15.7. The van der Waals surface area contributed by atoms with Gasteiger partial charge in [0.1, 0.15) is 4.83 Å². The number of aromatic nitrogens is 2. The highest BCUT2D eigenvalue weighted by atomic mass is 32.2. The van der Waals surface area contributed by atoms with Gasteiger partial charge in [0.25, 0.3) is 5.56 Å². The summed E-state index contributed by atoms with van der Waals surface area (Å²) in [5.74, 6) is 0.0885. The van der Waals surface area contributed by atoms with Crippen LogP contribution < -0.4 is 10.9 Å². The average molecular weight is 484 g/mol. The molecular formula is C23H21N3O3S3. The van der Waals surface area contributed by atoms with Crippen LogP contribution in [0.15, 0.2) is 63.2 Å². The third kappa shape index (κ3) is 4.38. The van der Waals surface area contributed by atoms with Gasteiger partial charge in [0.15, 0.2) is 5.16 Å². The first-order valence-corrected chi connectivity index (χ1v) is 13.1. The molecule has 1 amide bonds. The summed E-state index contributed by atoms with van der Waals surface area (Å²) in [5.41, 5.74) is 1.53. The summed E-state index contributed by atoms with van der Waals surface area (Å²) in [6.07, 6.45) is 2.11. The Bertz CT molecular complexity index is 1280. The van der Waals surface area contributed by atoms with Crippen molar-refractivity contribution in [3.63, 3.8) is 0 Å². The number of fused-ring (bicyclic) bond motifs is 1. The van der Waals surface area contributed by atoms with Crippen molar-refractivity contribution in [3.8, 4) is 16.1 Å². The predicted octanol–water partition coefficient (Wildman–Crippen LogP) is 4.56. The number of para-hydroxylation sites is 1. The SMILES string of the molecule is O=C(CSc1nc2scc(-c3cccs3)c2c(=O)n1-c1ccccc1)NC[C@H]1CCCO1. The molecule has 164 valence electrons. The molecule has 1 N–H and O–H groups in total. The van der Waals surface area contributed by atoms with Gasteiger partial charge >= 0.3 is 0 Å². The maximum absolute atomic E-state index is 13.7. The minimum atomic E-state index is -0.117. The van der Waals surface area contributed by atoms with Crippen molar-refractivity contribution >= 4 is 50.6 Å². The maximum Gasteiger partial charge on any atom is 0.268 e. The van der Waals surface area contributed by atoms with E-state index in [1.165, 1.54) is 23.1 Å². The van der Waals surface area contributed by atoms with Crippen LogP contribution in [0.5, 0.6) is 0 Å². The molecule has 0 aliphatic carbocycles. The molecule has 0 spiro atoms. The lowest BCUT2D eigenvalue weighted by Crippen LogP contribution is -2.33. The van der Waals surface area contributed by atoms with E-state index in [9.17, 15) is 9.59 Å². The summed E-state index contributed by atoms with van der Waals surface area (Å²) in [5, 5.41) is 8.06. The van der Waals surface area contributed by atoms with Crippen molar-refractivity contribution in [1.29, 1.82) is 0 Å². The van der Waals surface area contributed by atoms with Gasteiger partial charge in [-0.25, -0.2) is 4.98 Å². The normalized spacial score (nSPS) is 15.9. The Morgan fingerprint density at radius 3 is 2.84 bits per heavy atom. The molecule has 1 atom stereocenters. The number of hydrogen-bond donors (Lipinski definition) is 1. The molecule has 1 saturated heterocycles. The highest BCUT2D eigenvalue weighted by Crippen LogP contribution is 2.35. The molecule has 32 heavy (non-hydrogen) atoms. The number of rotatable bonds is 7. The lowest BCUT2D eigenvalue weighted by Gasteiger charge is -2.13. The van der Waals surface area contributed by atoms with Gasteiger partial charge < -0.3 is 10.1 Å². The Morgan fingerprint density at radius 1 is 1.22 bits per heavy atom.